The molecule has 1 saturated heterocycles. The summed E-state index contributed by atoms with van der Waals surface area (Å²) in [6.07, 6.45) is 1.10. The Hall–Kier alpha value is -1.93. The first-order valence-corrected chi connectivity index (χ1v) is 6.40. The Morgan fingerprint density at radius 2 is 2.19 bits per heavy atom. The first kappa shape index (κ1) is 14.0. The van der Waals surface area contributed by atoms with Gasteiger partial charge in [0.05, 0.1) is 24.7 Å². The Labute approximate surface area is 118 Å². The van der Waals surface area contributed by atoms with Crippen LogP contribution in [0, 0.1) is 0 Å². The SMILES string of the molecule is FC(F)(F)C1(c2cnn(-c3cccnc3)c2)CNCCO1. The number of hydrogen-bond acceptors (Lipinski definition) is 4. The van der Waals surface area contributed by atoms with Crippen molar-refractivity contribution < 1.29 is 17.9 Å². The number of hydrogen-bond donors (Lipinski definition) is 1. The third-order valence-electron chi connectivity index (χ3n) is 3.42. The molecule has 1 N–H and O–H groups in total. The highest BCUT2D eigenvalue weighted by molar-refractivity contribution is 5.30. The van der Waals surface area contributed by atoms with Gasteiger partial charge in [0.25, 0.3) is 0 Å². The van der Waals surface area contributed by atoms with E-state index in [1.807, 2.05) is 0 Å². The van der Waals surface area contributed by atoms with Crippen LogP contribution in [-0.2, 0) is 10.3 Å². The van der Waals surface area contributed by atoms with Gasteiger partial charge in [0.15, 0.2) is 0 Å². The molecular formula is C13H13F3N4O. The zero-order valence-electron chi connectivity index (χ0n) is 11.0. The molecule has 5 nitrogen and oxygen atoms in total. The summed E-state index contributed by atoms with van der Waals surface area (Å²) in [5, 5.41) is 6.72. The van der Waals surface area contributed by atoms with Crippen molar-refractivity contribution in [3.05, 3.63) is 42.5 Å². The number of nitrogens with zero attached hydrogens (tertiary/aromatic N) is 3. The summed E-state index contributed by atoms with van der Waals surface area (Å²) >= 11 is 0. The highest BCUT2D eigenvalue weighted by atomic mass is 19.4. The van der Waals surface area contributed by atoms with Crippen LogP contribution in [0.25, 0.3) is 5.69 Å². The fraction of sp³-hybridized carbons (Fsp3) is 0.385. The van der Waals surface area contributed by atoms with E-state index < -0.39 is 11.8 Å². The number of nitrogens with one attached hydrogen (secondary N) is 1. The standard InChI is InChI=1S/C13H13F3N4O/c14-13(15,16)12(9-18-4-5-21-12)10-6-19-20(8-10)11-2-1-3-17-7-11/h1-3,6-8,18H,4-5,9H2. The van der Waals surface area contributed by atoms with Gasteiger partial charge in [-0.2, -0.15) is 18.3 Å². The van der Waals surface area contributed by atoms with Gasteiger partial charge in [-0.25, -0.2) is 4.68 Å². The van der Waals surface area contributed by atoms with Crippen LogP contribution in [-0.4, -0.2) is 40.6 Å². The molecule has 0 spiro atoms. The van der Waals surface area contributed by atoms with Gasteiger partial charge in [-0.1, -0.05) is 0 Å². The highest BCUT2D eigenvalue weighted by Crippen LogP contribution is 2.42. The number of halogens is 3. The average molecular weight is 298 g/mol. The van der Waals surface area contributed by atoms with Crippen LogP contribution in [0.5, 0.6) is 0 Å². The van der Waals surface area contributed by atoms with Crippen LogP contribution in [0.2, 0.25) is 0 Å². The topological polar surface area (TPSA) is 52.0 Å². The predicted octanol–water partition coefficient (Wildman–Crippen LogP) is 1.64. The minimum atomic E-state index is -4.52. The van der Waals surface area contributed by atoms with E-state index in [0.29, 0.717) is 12.2 Å². The second kappa shape index (κ2) is 5.12. The van der Waals surface area contributed by atoms with Gasteiger partial charge in [-0.05, 0) is 12.1 Å². The number of morpholine rings is 1. The lowest BCUT2D eigenvalue weighted by molar-refractivity contribution is -0.290. The van der Waals surface area contributed by atoms with Crippen molar-refractivity contribution in [3.63, 3.8) is 0 Å². The fourth-order valence-electron chi connectivity index (χ4n) is 2.31. The molecule has 21 heavy (non-hydrogen) atoms. The molecule has 1 fully saturated rings. The fourth-order valence-corrected chi connectivity index (χ4v) is 2.31. The van der Waals surface area contributed by atoms with Crippen LogP contribution >= 0.6 is 0 Å². The number of rotatable bonds is 2. The number of aromatic nitrogens is 3. The first-order valence-electron chi connectivity index (χ1n) is 6.40. The summed E-state index contributed by atoms with van der Waals surface area (Å²) in [5.74, 6) is 0. The summed E-state index contributed by atoms with van der Waals surface area (Å²) < 4.78 is 46.9. The molecule has 1 unspecified atom stereocenters. The summed E-state index contributed by atoms with van der Waals surface area (Å²) in [6.45, 7) is 0.0708. The Kier molecular flexibility index (Phi) is 3.42. The second-order valence-corrected chi connectivity index (χ2v) is 4.73. The lowest BCUT2D eigenvalue weighted by Crippen LogP contribution is -2.56. The van der Waals surface area contributed by atoms with E-state index in [4.69, 9.17) is 4.74 Å². The van der Waals surface area contributed by atoms with E-state index in [9.17, 15) is 13.2 Å². The smallest absolute Gasteiger partial charge is 0.358 e. The molecule has 0 bridgehead atoms. The Morgan fingerprint density at radius 1 is 1.33 bits per heavy atom. The van der Waals surface area contributed by atoms with Crippen LogP contribution in [0.4, 0.5) is 13.2 Å². The zero-order valence-corrected chi connectivity index (χ0v) is 11.0. The zero-order chi connectivity index (χ0) is 14.9. The number of pyridine rings is 1. The molecule has 0 saturated carbocycles. The largest absolute Gasteiger partial charge is 0.423 e. The van der Waals surface area contributed by atoms with Crippen molar-refractivity contribution in [3.8, 4) is 5.69 Å². The van der Waals surface area contributed by atoms with Crippen LogP contribution in [0.1, 0.15) is 5.56 Å². The lowest BCUT2D eigenvalue weighted by atomic mass is 9.94. The van der Waals surface area contributed by atoms with Crippen molar-refractivity contribution in [2.24, 2.45) is 0 Å². The van der Waals surface area contributed by atoms with E-state index in [1.54, 1.807) is 18.3 Å². The molecule has 0 radical (unpaired) electrons. The van der Waals surface area contributed by atoms with E-state index in [2.05, 4.69) is 15.4 Å². The molecular weight excluding hydrogens is 285 g/mol. The van der Waals surface area contributed by atoms with Crippen molar-refractivity contribution >= 4 is 0 Å². The molecule has 2 aromatic heterocycles. The number of alkyl halides is 3. The van der Waals surface area contributed by atoms with Crippen LogP contribution in [0.3, 0.4) is 0 Å². The third kappa shape index (κ3) is 2.40. The Morgan fingerprint density at radius 3 is 2.81 bits per heavy atom. The van der Waals surface area contributed by atoms with E-state index in [-0.39, 0.29) is 18.7 Å². The molecule has 3 heterocycles. The average Bonchev–Trinajstić information content (AvgIpc) is 2.98. The van der Waals surface area contributed by atoms with Crippen LogP contribution in [0.15, 0.2) is 36.9 Å². The summed E-state index contributed by atoms with van der Waals surface area (Å²) in [6, 6.07) is 3.40. The summed E-state index contributed by atoms with van der Waals surface area (Å²) in [4.78, 5) is 3.92. The summed E-state index contributed by atoms with van der Waals surface area (Å²) in [5.41, 5.74) is -1.79. The van der Waals surface area contributed by atoms with Crippen molar-refractivity contribution in [2.75, 3.05) is 19.7 Å². The molecule has 3 rings (SSSR count). The third-order valence-corrected chi connectivity index (χ3v) is 3.42. The van der Waals surface area contributed by atoms with Crippen LogP contribution < -0.4 is 5.32 Å². The van der Waals surface area contributed by atoms with E-state index in [1.165, 1.54) is 23.3 Å². The summed E-state index contributed by atoms with van der Waals surface area (Å²) in [7, 11) is 0. The maximum absolute atomic E-state index is 13.5. The monoisotopic (exact) mass is 298 g/mol. The molecule has 112 valence electrons. The highest BCUT2D eigenvalue weighted by Gasteiger charge is 2.58. The van der Waals surface area contributed by atoms with Gasteiger partial charge in [0, 0.05) is 31.0 Å². The normalized spacial score (nSPS) is 23.2. The predicted molar refractivity (Wildman–Crippen MR) is 67.9 cm³/mol. The lowest BCUT2D eigenvalue weighted by Gasteiger charge is -2.38. The second-order valence-electron chi connectivity index (χ2n) is 4.73. The first-order chi connectivity index (χ1) is 10.0. The molecule has 1 atom stereocenters. The minimum absolute atomic E-state index is 0.00240. The van der Waals surface area contributed by atoms with Crippen molar-refractivity contribution in [1.82, 2.24) is 20.1 Å². The molecule has 1 aliphatic rings. The minimum Gasteiger partial charge on any atom is -0.358 e. The molecule has 2 aromatic rings. The molecule has 0 aromatic carbocycles. The maximum Gasteiger partial charge on any atom is 0.423 e. The molecule has 1 aliphatic heterocycles. The van der Waals surface area contributed by atoms with E-state index in [0.717, 1.165) is 0 Å². The molecule has 0 aliphatic carbocycles. The Balaban J connectivity index is 2.00. The van der Waals surface area contributed by atoms with Crippen molar-refractivity contribution in [1.29, 1.82) is 0 Å². The van der Waals surface area contributed by atoms with Gasteiger partial charge < -0.3 is 10.1 Å². The van der Waals surface area contributed by atoms with E-state index >= 15 is 0 Å². The van der Waals surface area contributed by atoms with Gasteiger partial charge in [-0.3, -0.25) is 4.98 Å². The molecule has 8 heteroatoms. The Bertz CT molecular complexity index is 605. The molecule has 0 amide bonds. The van der Waals surface area contributed by atoms with Gasteiger partial charge in [0.2, 0.25) is 5.60 Å². The van der Waals surface area contributed by atoms with Gasteiger partial charge in [-0.15, -0.1) is 0 Å². The quantitative estimate of drug-likeness (QED) is 0.916. The van der Waals surface area contributed by atoms with Gasteiger partial charge in [0.1, 0.15) is 0 Å². The maximum atomic E-state index is 13.5. The van der Waals surface area contributed by atoms with Crippen molar-refractivity contribution in [2.45, 2.75) is 11.8 Å². The van der Waals surface area contributed by atoms with Gasteiger partial charge >= 0.3 is 6.18 Å². The number of ether oxygens (including phenoxy) is 1.